The van der Waals surface area contributed by atoms with Crippen molar-refractivity contribution in [2.75, 3.05) is 18.3 Å². The van der Waals surface area contributed by atoms with Crippen LogP contribution in [0.25, 0.3) is 0 Å². The standard InChI is InChI=1S/C25H29ClN2O3/c1-25(2)16-18-9-12-20(31-3)14-21(18)22(28-25)15-23(29)17-7-10-19(11-8-17)27-24(30)6-4-5-13-26/h7-12,14H,4-6,13,15-16H2,1-3H3,(H,27,30). The van der Waals surface area contributed by atoms with Crippen molar-refractivity contribution in [2.45, 2.75) is 51.5 Å². The third-order valence-corrected chi connectivity index (χ3v) is 5.56. The lowest BCUT2D eigenvalue weighted by Gasteiger charge is -2.29. The monoisotopic (exact) mass is 440 g/mol. The number of amides is 1. The molecule has 0 unspecified atom stereocenters. The van der Waals surface area contributed by atoms with Crippen LogP contribution in [-0.4, -0.2) is 35.9 Å². The fourth-order valence-corrected chi connectivity index (χ4v) is 3.96. The number of unbranched alkanes of at least 4 members (excludes halogenated alkanes) is 1. The molecule has 2 aromatic carbocycles. The molecule has 0 aliphatic carbocycles. The van der Waals surface area contributed by atoms with Gasteiger partial charge in [0.15, 0.2) is 5.78 Å². The SMILES string of the molecule is COc1ccc2c(c1)C(CC(=O)c1ccc(NC(=O)CCCCCl)cc1)=NC(C)(C)C2. The van der Waals surface area contributed by atoms with E-state index in [1.165, 1.54) is 5.56 Å². The highest BCUT2D eigenvalue weighted by Crippen LogP contribution is 2.31. The number of hydrogen-bond acceptors (Lipinski definition) is 4. The van der Waals surface area contributed by atoms with Gasteiger partial charge in [-0.1, -0.05) is 6.07 Å². The number of Topliss-reactive ketones (excluding diaryl/α,β-unsaturated/α-hetero) is 1. The number of methoxy groups -OCH3 is 1. The van der Waals surface area contributed by atoms with Gasteiger partial charge in [-0.05, 0) is 75.1 Å². The summed E-state index contributed by atoms with van der Waals surface area (Å²) >= 11 is 5.64. The van der Waals surface area contributed by atoms with E-state index in [9.17, 15) is 9.59 Å². The first-order chi connectivity index (χ1) is 14.8. The molecule has 1 heterocycles. The summed E-state index contributed by atoms with van der Waals surface area (Å²) in [6.45, 7) is 4.16. The zero-order valence-electron chi connectivity index (χ0n) is 18.3. The van der Waals surface area contributed by atoms with Crippen LogP contribution in [0.1, 0.15) is 61.0 Å². The number of carbonyl (C=O) groups excluding carboxylic acids is 2. The van der Waals surface area contributed by atoms with Gasteiger partial charge in [0.05, 0.1) is 24.8 Å². The average Bonchev–Trinajstić information content (AvgIpc) is 2.73. The minimum Gasteiger partial charge on any atom is -0.497 e. The van der Waals surface area contributed by atoms with E-state index in [-0.39, 0.29) is 23.7 Å². The van der Waals surface area contributed by atoms with Crippen molar-refractivity contribution >= 4 is 34.7 Å². The number of nitrogens with zero attached hydrogens (tertiary/aromatic N) is 1. The maximum Gasteiger partial charge on any atom is 0.224 e. The second kappa shape index (κ2) is 10.1. The highest BCUT2D eigenvalue weighted by Gasteiger charge is 2.28. The second-order valence-electron chi connectivity index (χ2n) is 8.44. The normalized spacial score (nSPS) is 14.4. The minimum absolute atomic E-state index is 0.00907. The molecule has 5 nitrogen and oxygen atoms in total. The maximum atomic E-state index is 13.0. The van der Waals surface area contributed by atoms with E-state index in [1.807, 2.05) is 12.1 Å². The van der Waals surface area contributed by atoms with E-state index in [4.69, 9.17) is 21.3 Å². The first kappa shape index (κ1) is 23.0. The molecule has 0 radical (unpaired) electrons. The predicted octanol–water partition coefficient (Wildman–Crippen LogP) is 5.44. The van der Waals surface area contributed by atoms with E-state index in [2.05, 4.69) is 25.2 Å². The molecule has 0 aromatic heterocycles. The Labute approximate surface area is 188 Å². The summed E-state index contributed by atoms with van der Waals surface area (Å²) in [5.74, 6) is 1.26. The summed E-state index contributed by atoms with van der Waals surface area (Å²) in [5, 5.41) is 2.85. The predicted molar refractivity (Wildman–Crippen MR) is 126 cm³/mol. The molecule has 1 N–H and O–H groups in total. The summed E-state index contributed by atoms with van der Waals surface area (Å²) in [4.78, 5) is 29.8. The zero-order chi connectivity index (χ0) is 22.4. The van der Waals surface area contributed by atoms with Gasteiger partial charge >= 0.3 is 0 Å². The Morgan fingerprint density at radius 3 is 2.55 bits per heavy atom. The van der Waals surface area contributed by atoms with E-state index in [0.717, 1.165) is 36.3 Å². The van der Waals surface area contributed by atoms with Gasteiger partial charge in [-0.15, -0.1) is 11.6 Å². The summed E-state index contributed by atoms with van der Waals surface area (Å²) in [6.07, 6.45) is 3.05. The van der Waals surface area contributed by atoms with Crippen LogP contribution < -0.4 is 10.1 Å². The number of fused-ring (bicyclic) bond motifs is 1. The fraction of sp³-hybridized carbons (Fsp3) is 0.400. The molecule has 31 heavy (non-hydrogen) atoms. The maximum absolute atomic E-state index is 13.0. The zero-order valence-corrected chi connectivity index (χ0v) is 19.1. The van der Waals surface area contributed by atoms with Gasteiger partial charge in [0.25, 0.3) is 0 Å². The number of alkyl halides is 1. The molecule has 2 aromatic rings. The van der Waals surface area contributed by atoms with Gasteiger partial charge in [-0.25, -0.2) is 0 Å². The van der Waals surface area contributed by atoms with Gasteiger partial charge in [0, 0.05) is 29.1 Å². The number of aliphatic imine (C=N–C) groups is 1. The van der Waals surface area contributed by atoms with Crippen molar-refractivity contribution in [3.63, 3.8) is 0 Å². The Bertz CT molecular complexity index is 981. The number of ether oxygens (including phenoxy) is 1. The number of halogens is 1. The molecule has 0 spiro atoms. The van der Waals surface area contributed by atoms with Crippen LogP contribution >= 0.6 is 11.6 Å². The summed E-state index contributed by atoms with van der Waals surface area (Å²) < 4.78 is 5.36. The first-order valence-corrected chi connectivity index (χ1v) is 11.1. The van der Waals surface area contributed by atoms with Crippen molar-refractivity contribution < 1.29 is 14.3 Å². The molecule has 6 heteroatoms. The molecule has 0 fully saturated rings. The van der Waals surface area contributed by atoms with Crippen molar-refractivity contribution in [3.8, 4) is 5.75 Å². The molecular formula is C25H29ClN2O3. The van der Waals surface area contributed by atoms with Crippen LogP contribution in [0, 0.1) is 0 Å². The Morgan fingerprint density at radius 1 is 1.13 bits per heavy atom. The van der Waals surface area contributed by atoms with Gasteiger partial charge in [-0.3, -0.25) is 14.6 Å². The van der Waals surface area contributed by atoms with Crippen LogP contribution in [0.2, 0.25) is 0 Å². The average molecular weight is 441 g/mol. The molecule has 164 valence electrons. The lowest BCUT2D eigenvalue weighted by Crippen LogP contribution is -2.30. The van der Waals surface area contributed by atoms with Crippen molar-refractivity contribution in [3.05, 3.63) is 59.2 Å². The molecule has 0 atom stereocenters. The third kappa shape index (κ3) is 6.17. The lowest BCUT2D eigenvalue weighted by atomic mass is 9.85. The number of anilines is 1. The second-order valence-corrected chi connectivity index (χ2v) is 8.82. The lowest BCUT2D eigenvalue weighted by molar-refractivity contribution is -0.116. The highest BCUT2D eigenvalue weighted by atomic mass is 35.5. The van der Waals surface area contributed by atoms with Crippen LogP contribution in [0.5, 0.6) is 5.75 Å². The van der Waals surface area contributed by atoms with Crippen LogP contribution in [0.4, 0.5) is 5.69 Å². The Morgan fingerprint density at radius 2 is 1.87 bits per heavy atom. The van der Waals surface area contributed by atoms with Gasteiger partial charge < -0.3 is 10.1 Å². The molecule has 0 bridgehead atoms. The van der Waals surface area contributed by atoms with Gasteiger partial charge in [0.2, 0.25) is 5.91 Å². The molecule has 0 saturated heterocycles. The quantitative estimate of drug-likeness (QED) is 0.320. The number of benzene rings is 2. The van der Waals surface area contributed by atoms with E-state index >= 15 is 0 Å². The number of ketones is 1. The van der Waals surface area contributed by atoms with Gasteiger partial charge in [-0.2, -0.15) is 0 Å². The van der Waals surface area contributed by atoms with E-state index in [0.29, 0.717) is 23.6 Å². The Balaban J connectivity index is 1.71. The smallest absolute Gasteiger partial charge is 0.224 e. The molecule has 1 amide bonds. The van der Waals surface area contributed by atoms with Crippen molar-refractivity contribution in [1.29, 1.82) is 0 Å². The first-order valence-electron chi connectivity index (χ1n) is 10.6. The minimum atomic E-state index is -0.255. The van der Waals surface area contributed by atoms with E-state index in [1.54, 1.807) is 31.4 Å². The molecule has 3 rings (SSSR count). The summed E-state index contributed by atoms with van der Waals surface area (Å²) in [7, 11) is 1.63. The van der Waals surface area contributed by atoms with Crippen LogP contribution in [0.3, 0.4) is 0 Å². The number of hydrogen-bond donors (Lipinski definition) is 1. The van der Waals surface area contributed by atoms with Gasteiger partial charge in [0.1, 0.15) is 5.75 Å². The van der Waals surface area contributed by atoms with Crippen LogP contribution in [0.15, 0.2) is 47.5 Å². The van der Waals surface area contributed by atoms with Crippen LogP contribution in [-0.2, 0) is 11.2 Å². The molecule has 0 saturated carbocycles. The summed E-state index contributed by atoms with van der Waals surface area (Å²) in [6, 6.07) is 13.0. The van der Waals surface area contributed by atoms with Crippen molar-refractivity contribution in [1.82, 2.24) is 0 Å². The number of nitrogens with one attached hydrogen (secondary N) is 1. The molecular weight excluding hydrogens is 412 g/mol. The Hall–Kier alpha value is -2.66. The highest BCUT2D eigenvalue weighted by molar-refractivity contribution is 6.18. The van der Waals surface area contributed by atoms with Crippen molar-refractivity contribution in [2.24, 2.45) is 4.99 Å². The molecule has 1 aliphatic rings. The largest absolute Gasteiger partial charge is 0.497 e. The fourth-order valence-electron chi connectivity index (χ4n) is 3.77. The summed E-state index contributed by atoms with van der Waals surface area (Å²) in [5.41, 5.74) is 3.96. The molecule has 1 aliphatic heterocycles. The third-order valence-electron chi connectivity index (χ3n) is 5.29. The topological polar surface area (TPSA) is 67.8 Å². The number of carbonyl (C=O) groups is 2. The van der Waals surface area contributed by atoms with E-state index < -0.39 is 0 Å². The number of rotatable bonds is 9. The Kier molecular flexibility index (Phi) is 7.50.